The van der Waals surface area contributed by atoms with Crippen molar-refractivity contribution in [2.45, 2.75) is 6.61 Å². The van der Waals surface area contributed by atoms with Crippen LogP contribution in [0.5, 0.6) is 5.88 Å². The van der Waals surface area contributed by atoms with Gasteiger partial charge in [0.05, 0.1) is 28.6 Å². The van der Waals surface area contributed by atoms with E-state index in [0.717, 1.165) is 0 Å². The van der Waals surface area contributed by atoms with Crippen molar-refractivity contribution in [3.05, 3.63) is 95.9 Å². The van der Waals surface area contributed by atoms with Crippen LogP contribution in [0.1, 0.15) is 11.3 Å². The molecule has 3 aromatic heterocycles. The summed E-state index contributed by atoms with van der Waals surface area (Å²) in [6.45, 7) is 0.0208. The number of aromatic nitrogens is 5. The van der Waals surface area contributed by atoms with E-state index in [9.17, 15) is 8.78 Å². The van der Waals surface area contributed by atoms with Crippen LogP contribution in [0.2, 0.25) is 0 Å². The van der Waals surface area contributed by atoms with Crippen LogP contribution in [0.3, 0.4) is 0 Å². The van der Waals surface area contributed by atoms with Gasteiger partial charge in [0.2, 0.25) is 5.88 Å². The minimum Gasteiger partial charge on any atom is -0.470 e. The Balaban J connectivity index is 1.66. The molecule has 0 unspecified atom stereocenters. The van der Waals surface area contributed by atoms with Gasteiger partial charge < -0.3 is 4.74 Å². The van der Waals surface area contributed by atoms with Crippen molar-refractivity contribution in [3.8, 4) is 34.5 Å². The molecule has 0 aliphatic heterocycles. The van der Waals surface area contributed by atoms with E-state index in [0.29, 0.717) is 22.3 Å². The number of fused-ring (bicyclic) bond motifs is 1. The van der Waals surface area contributed by atoms with Crippen LogP contribution in [-0.2, 0) is 6.61 Å². The number of pyridine rings is 1. The zero-order valence-corrected chi connectivity index (χ0v) is 17.0. The van der Waals surface area contributed by atoms with Crippen LogP contribution in [-0.4, -0.2) is 24.8 Å². The highest BCUT2D eigenvalue weighted by Crippen LogP contribution is 2.37. The minimum atomic E-state index is -0.494. The number of hydrogen-bond donors (Lipinski definition) is 0. The number of benzene rings is 2. The molecule has 5 rings (SSSR count). The molecular weight excluding hydrogens is 426 g/mol. The van der Waals surface area contributed by atoms with Crippen molar-refractivity contribution in [2.24, 2.45) is 0 Å². The van der Waals surface area contributed by atoms with Gasteiger partial charge in [-0.1, -0.05) is 30.3 Å². The first-order chi connectivity index (χ1) is 16.2. The number of nitrogens with zero attached hydrogens (tertiary/aromatic N) is 6. The Morgan fingerprint density at radius 1 is 0.909 bits per heavy atom. The summed E-state index contributed by atoms with van der Waals surface area (Å²) in [5.74, 6) is -0.710. The highest BCUT2D eigenvalue weighted by atomic mass is 19.1. The summed E-state index contributed by atoms with van der Waals surface area (Å²) in [6.07, 6.45) is 2.86. The topological polar surface area (TPSA) is 89.0 Å². The maximum atomic E-state index is 14.8. The van der Waals surface area contributed by atoms with Crippen molar-refractivity contribution in [1.82, 2.24) is 24.8 Å². The van der Waals surface area contributed by atoms with E-state index in [1.54, 1.807) is 48.5 Å². The Hall–Kier alpha value is -4.71. The zero-order valence-electron chi connectivity index (χ0n) is 17.0. The molecule has 0 saturated carbocycles. The van der Waals surface area contributed by atoms with Gasteiger partial charge in [-0.15, -0.1) is 10.2 Å². The fraction of sp³-hybridized carbons (Fsp3) is 0.0417. The van der Waals surface area contributed by atoms with E-state index in [1.807, 2.05) is 6.07 Å². The molecule has 0 fully saturated rings. The van der Waals surface area contributed by atoms with Crippen LogP contribution in [0, 0.1) is 23.0 Å². The number of rotatable bonds is 5. The molecule has 0 atom stereocenters. The number of halogens is 2. The number of hydrogen-bond acceptors (Lipinski definition) is 6. The number of ether oxygens (including phenoxy) is 1. The third-order valence-corrected chi connectivity index (χ3v) is 4.99. The molecule has 33 heavy (non-hydrogen) atoms. The fourth-order valence-electron chi connectivity index (χ4n) is 3.42. The predicted octanol–water partition coefficient (Wildman–Crippen LogP) is 4.58. The molecule has 0 saturated heterocycles. The predicted molar refractivity (Wildman–Crippen MR) is 115 cm³/mol. The van der Waals surface area contributed by atoms with E-state index >= 15 is 0 Å². The lowest BCUT2D eigenvalue weighted by atomic mass is 10.1. The average molecular weight is 440 g/mol. The molecule has 9 heteroatoms. The molecule has 5 aromatic rings. The molecule has 160 valence electrons. The Kier molecular flexibility index (Phi) is 5.16. The second-order valence-corrected chi connectivity index (χ2v) is 7.04. The Bertz CT molecular complexity index is 1510. The van der Waals surface area contributed by atoms with E-state index in [2.05, 4.69) is 20.3 Å². The minimum absolute atomic E-state index is 0.0208. The first-order valence-electron chi connectivity index (χ1n) is 9.88. The van der Waals surface area contributed by atoms with Gasteiger partial charge in [-0.25, -0.2) is 13.3 Å². The van der Waals surface area contributed by atoms with Gasteiger partial charge in [0, 0.05) is 11.8 Å². The average Bonchev–Trinajstić information content (AvgIpc) is 3.22. The van der Waals surface area contributed by atoms with Crippen LogP contribution in [0.4, 0.5) is 8.78 Å². The van der Waals surface area contributed by atoms with E-state index < -0.39 is 11.6 Å². The molecule has 0 N–H and O–H groups in total. The van der Waals surface area contributed by atoms with Gasteiger partial charge in [-0.05, 0) is 30.3 Å². The zero-order chi connectivity index (χ0) is 22.8. The lowest BCUT2D eigenvalue weighted by molar-refractivity contribution is 0.289. The highest BCUT2D eigenvalue weighted by molar-refractivity contribution is 5.85. The lowest BCUT2D eigenvalue weighted by Gasteiger charge is -2.07. The van der Waals surface area contributed by atoms with E-state index in [-0.39, 0.29) is 29.4 Å². The molecule has 0 amide bonds. The molecule has 0 spiro atoms. The van der Waals surface area contributed by atoms with Gasteiger partial charge in [-0.2, -0.15) is 10.4 Å². The summed E-state index contributed by atoms with van der Waals surface area (Å²) in [5.41, 5.74) is 2.17. The van der Waals surface area contributed by atoms with Crippen LogP contribution >= 0.6 is 0 Å². The largest absolute Gasteiger partial charge is 0.470 e. The molecule has 0 radical (unpaired) electrons. The quantitative estimate of drug-likeness (QED) is 0.397. The monoisotopic (exact) mass is 440 g/mol. The van der Waals surface area contributed by atoms with Crippen LogP contribution in [0.25, 0.3) is 28.0 Å². The maximum absolute atomic E-state index is 14.8. The molecule has 3 heterocycles. The normalized spacial score (nSPS) is 10.8. The Labute approximate surface area is 186 Å². The van der Waals surface area contributed by atoms with Gasteiger partial charge in [0.25, 0.3) is 0 Å². The third-order valence-electron chi connectivity index (χ3n) is 4.99. The fourth-order valence-corrected chi connectivity index (χ4v) is 3.42. The molecular formula is C24H14F2N6O. The van der Waals surface area contributed by atoms with Crippen molar-refractivity contribution >= 4 is 5.52 Å². The molecule has 0 aliphatic carbocycles. The van der Waals surface area contributed by atoms with Gasteiger partial charge >= 0.3 is 0 Å². The second kappa shape index (κ2) is 8.43. The Morgan fingerprint density at radius 2 is 1.64 bits per heavy atom. The summed E-state index contributed by atoms with van der Waals surface area (Å²) in [4.78, 5) is 4.18. The first kappa shape index (κ1) is 20.2. The van der Waals surface area contributed by atoms with E-state index in [4.69, 9.17) is 10.00 Å². The van der Waals surface area contributed by atoms with Crippen LogP contribution < -0.4 is 4.74 Å². The SMILES string of the molecule is N#Cc1ccc(COc2nn3c(-c4ccccc4F)nncc3c2-c2ccccc2F)nc1. The number of nitriles is 1. The van der Waals surface area contributed by atoms with Crippen molar-refractivity contribution in [3.63, 3.8) is 0 Å². The maximum Gasteiger partial charge on any atom is 0.242 e. The standard InChI is InChI=1S/C24H14F2N6O/c25-19-7-3-1-5-17(19)22-21-13-29-30-23(18-6-2-4-8-20(18)26)32(21)31-24(22)33-14-16-10-9-15(11-27)12-28-16/h1-10,12-13H,14H2. The summed E-state index contributed by atoms with van der Waals surface area (Å²) in [6, 6.07) is 17.6. The molecule has 7 nitrogen and oxygen atoms in total. The van der Waals surface area contributed by atoms with Crippen LogP contribution in [0.15, 0.2) is 73.1 Å². The van der Waals surface area contributed by atoms with Crippen molar-refractivity contribution in [1.29, 1.82) is 5.26 Å². The summed E-state index contributed by atoms with van der Waals surface area (Å²) in [7, 11) is 0. The molecule has 0 aliphatic rings. The van der Waals surface area contributed by atoms with Gasteiger partial charge in [0.1, 0.15) is 29.8 Å². The first-order valence-corrected chi connectivity index (χ1v) is 9.88. The smallest absolute Gasteiger partial charge is 0.242 e. The summed E-state index contributed by atoms with van der Waals surface area (Å²) in [5, 5.41) is 21.5. The molecule has 0 bridgehead atoms. The summed E-state index contributed by atoms with van der Waals surface area (Å²) >= 11 is 0. The lowest BCUT2D eigenvalue weighted by Crippen LogP contribution is -2.02. The highest BCUT2D eigenvalue weighted by Gasteiger charge is 2.23. The Morgan fingerprint density at radius 3 is 2.30 bits per heavy atom. The van der Waals surface area contributed by atoms with Crippen molar-refractivity contribution < 1.29 is 13.5 Å². The summed E-state index contributed by atoms with van der Waals surface area (Å²) < 4.78 is 36.6. The van der Waals surface area contributed by atoms with Gasteiger partial charge in [-0.3, -0.25) is 4.98 Å². The van der Waals surface area contributed by atoms with Crippen molar-refractivity contribution in [2.75, 3.05) is 0 Å². The second-order valence-electron chi connectivity index (χ2n) is 7.04. The molecule has 2 aromatic carbocycles. The third kappa shape index (κ3) is 3.74. The van der Waals surface area contributed by atoms with Gasteiger partial charge in [0.15, 0.2) is 5.82 Å². The van der Waals surface area contributed by atoms with E-state index in [1.165, 1.54) is 29.0 Å².